The molecule has 1 aliphatic rings. The van der Waals surface area contributed by atoms with E-state index in [0.717, 1.165) is 5.56 Å². The van der Waals surface area contributed by atoms with Crippen LogP contribution in [0.1, 0.15) is 67.7 Å². The summed E-state index contributed by atoms with van der Waals surface area (Å²) in [6.45, 7) is 12.0. The molecule has 2 amide bonds. The highest BCUT2D eigenvalue weighted by Crippen LogP contribution is 2.31. The van der Waals surface area contributed by atoms with Crippen LogP contribution in [0.3, 0.4) is 0 Å². The van der Waals surface area contributed by atoms with Crippen molar-refractivity contribution in [1.29, 1.82) is 0 Å². The minimum Gasteiger partial charge on any atom is -0.465 e. The molecule has 1 aromatic heterocycles. The van der Waals surface area contributed by atoms with Gasteiger partial charge in [0.05, 0.1) is 6.54 Å². The van der Waals surface area contributed by atoms with E-state index >= 15 is 0 Å². The molecule has 0 bridgehead atoms. The summed E-state index contributed by atoms with van der Waals surface area (Å²) in [5.74, 6) is 0.869. The SMILES string of the molecule is CC(C)N1Cc2c(NCC(c3ccccc3)c3ccccc3)nc(NCCN(CC(C)(C)C)C(=O)O)nc2C1=O. The van der Waals surface area contributed by atoms with E-state index in [4.69, 9.17) is 4.98 Å². The number of fused-ring (bicyclic) bond motifs is 1. The summed E-state index contributed by atoms with van der Waals surface area (Å²) in [5.41, 5.74) is 3.36. The van der Waals surface area contributed by atoms with Crippen LogP contribution in [-0.2, 0) is 6.54 Å². The second-order valence-electron chi connectivity index (χ2n) is 11.7. The number of amides is 2. The quantitative estimate of drug-likeness (QED) is 0.291. The minimum absolute atomic E-state index is 0.0221. The second-order valence-corrected chi connectivity index (χ2v) is 11.7. The normalized spacial score (nSPS) is 13.1. The molecule has 0 atom stereocenters. The monoisotopic (exact) mass is 544 g/mol. The first-order valence-electron chi connectivity index (χ1n) is 13.8. The van der Waals surface area contributed by atoms with Gasteiger partial charge in [-0.25, -0.2) is 9.78 Å². The molecule has 3 aromatic rings. The Bertz CT molecular complexity index is 1270. The number of rotatable bonds is 11. The van der Waals surface area contributed by atoms with Crippen LogP contribution in [0.5, 0.6) is 0 Å². The van der Waals surface area contributed by atoms with Crippen LogP contribution >= 0.6 is 0 Å². The summed E-state index contributed by atoms with van der Waals surface area (Å²) in [7, 11) is 0. The Morgan fingerprint density at radius 2 is 1.60 bits per heavy atom. The fraction of sp³-hybridized carbons (Fsp3) is 0.419. The van der Waals surface area contributed by atoms with Gasteiger partial charge in [-0.15, -0.1) is 0 Å². The van der Waals surface area contributed by atoms with Gasteiger partial charge in [0.1, 0.15) is 11.5 Å². The fourth-order valence-corrected chi connectivity index (χ4v) is 4.95. The van der Waals surface area contributed by atoms with Crippen molar-refractivity contribution in [2.45, 2.75) is 53.1 Å². The van der Waals surface area contributed by atoms with Gasteiger partial charge in [0.2, 0.25) is 5.95 Å². The van der Waals surface area contributed by atoms with E-state index in [2.05, 4.69) is 39.9 Å². The molecule has 0 spiro atoms. The number of benzene rings is 2. The van der Waals surface area contributed by atoms with Crippen LogP contribution in [0.25, 0.3) is 0 Å². The first-order chi connectivity index (χ1) is 19.0. The van der Waals surface area contributed by atoms with Crippen molar-refractivity contribution in [2.75, 3.05) is 36.8 Å². The van der Waals surface area contributed by atoms with Crippen molar-refractivity contribution in [3.63, 3.8) is 0 Å². The van der Waals surface area contributed by atoms with Gasteiger partial charge in [-0.05, 0) is 30.4 Å². The molecule has 1 aliphatic heterocycles. The molecule has 9 nitrogen and oxygen atoms in total. The van der Waals surface area contributed by atoms with Gasteiger partial charge in [0.15, 0.2) is 0 Å². The van der Waals surface area contributed by atoms with Gasteiger partial charge in [0.25, 0.3) is 5.91 Å². The molecule has 0 saturated carbocycles. The topological polar surface area (TPSA) is 111 Å². The lowest BCUT2D eigenvalue weighted by atomic mass is 9.91. The standard InChI is InChI=1S/C31H40N6O3/c1-21(2)37-19-25-26(28(37)38)34-29(32-16-17-36(30(39)40)20-31(3,4)5)35-27(25)33-18-24(22-12-8-6-9-13-22)23-14-10-7-11-15-23/h6-15,21,24H,16-20H2,1-5H3,(H,39,40)(H2,32,33,34,35). The number of carboxylic acid groups (broad SMARTS) is 1. The molecule has 0 saturated heterocycles. The van der Waals surface area contributed by atoms with Crippen LogP contribution < -0.4 is 10.6 Å². The number of carbonyl (C=O) groups is 2. The summed E-state index contributed by atoms with van der Waals surface area (Å²) in [6.07, 6.45) is -0.968. The maximum Gasteiger partial charge on any atom is 0.407 e. The summed E-state index contributed by atoms with van der Waals surface area (Å²) >= 11 is 0. The third-order valence-corrected chi connectivity index (χ3v) is 6.90. The lowest BCUT2D eigenvalue weighted by molar-refractivity contribution is 0.0726. The molecule has 40 heavy (non-hydrogen) atoms. The zero-order valence-electron chi connectivity index (χ0n) is 24.0. The molecule has 2 aromatic carbocycles. The van der Waals surface area contributed by atoms with Crippen molar-refractivity contribution in [3.05, 3.63) is 83.0 Å². The lowest BCUT2D eigenvalue weighted by Crippen LogP contribution is -2.39. The third-order valence-electron chi connectivity index (χ3n) is 6.90. The van der Waals surface area contributed by atoms with E-state index in [0.29, 0.717) is 43.6 Å². The summed E-state index contributed by atoms with van der Waals surface area (Å²) in [4.78, 5) is 37.5. The Hall–Kier alpha value is -4.14. The summed E-state index contributed by atoms with van der Waals surface area (Å²) in [5, 5.41) is 16.3. The van der Waals surface area contributed by atoms with Crippen LogP contribution in [-0.4, -0.2) is 69.1 Å². The Morgan fingerprint density at radius 1 is 1.00 bits per heavy atom. The Kier molecular flexibility index (Phi) is 8.92. The number of hydrogen-bond donors (Lipinski definition) is 3. The maximum atomic E-state index is 13.2. The summed E-state index contributed by atoms with van der Waals surface area (Å²) < 4.78 is 0. The van der Waals surface area contributed by atoms with Gasteiger partial charge in [-0.3, -0.25) is 4.79 Å². The number of carbonyl (C=O) groups excluding carboxylic acids is 1. The Labute approximate surface area is 236 Å². The number of nitrogens with zero attached hydrogens (tertiary/aromatic N) is 4. The molecular formula is C31H40N6O3. The number of aromatic nitrogens is 2. The smallest absolute Gasteiger partial charge is 0.407 e. The van der Waals surface area contributed by atoms with E-state index in [-0.39, 0.29) is 29.8 Å². The zero-order valence-corrected chi connectivity index (χ0v) is 24.0. The van der Waals surface area contributed by atoms with E-state index in [9.17, 15) is 14.7 Å². The molecule has 212 valence electrons. The van der Waals surface area contributed by atoms with Gasteiger partial charge >= 0.3 is 6.09 Å². The largest absolute Gasteiger partial charge is 0.465 e. The van der Waals surface area contributed by atoms with Crippen molar-refractivity contribution in [2.24, 2.45) is 5.41 Å². The Balaban J connectivity index is 1.59. The number of anilines is 2. The van der Waals surface area contributed by atoms with E-state index in [1.165, 1.54) is 16.0 Å². The minimum atomic E-state index is -0.968. The molecule has 4 rings (SSSR count). The summed E-state index contributed by atoms with van der Waals surface area (Å²) in [6, 6.07) is 20.7. The predicted molar refractivity (Wildman–Crippen MR) is 158 cm³/mol. The third kappa shape index (κ3) is 7.08. The first-order valence-corrected chi connectivity index (χ1v) is 13.8. The highest BCUT2D eigenvalue weighted by atomic mass is 16.4. The molecule has 9 heteroatoms. The van der Waals surface area contributed by atoms with Gasteiger partial charge in [-0.1, -0.05) is 81.4 Å². The molecule has 0 radical (unpaired) electrons. The average Bonchev–Trinajstić information content (AvgIpc) is 3.25. The van der Waals surface area contributed by atoms with Crippen molar-refractivity contribution >= 4 is 23.8 Å². The van der Waals surface area contributed by atoms with E-state index in [1.54, 1.807) is 4.90 Å². The second kappa shape index (κ2) is 12.4. The zero-order chi connectivity index (χ0) is 28.9. The molecule has 0 aliphatic carbocycles. The maximum absolute atomic E-state index is 13.2. The van der Waals surface area contributed by atoms with Crippen molar-refractivity contribution < 1.29 is 14.7 Å². The first kappa shape index (κ1) is 28.9. The molecule has 0 unspecified atom stereocenters. The molecule has 2 heterocycles. The highest BCUT2D eigenvalue weighted by molar-refractivity contribution is 5.98. The van der Waals surface area contributed by atoms with Crippen LogP contribution in [0.15, 0.2) is 60.7 Å². The van der Waals surface area contributed by atoms with Crippen molar-refractivity contribution in [3.8, 4) is 0 Å². The van der Waals surface area contributed by atoms with Crippen molar-refractivity contribution in [1.82, 2.24) is 19.8 Å². The predicted octanol–water partition coefficient (Wildman–Crippen LogP) is 5.52. The van der Waals surface area contributed by atoms with Gasteiger partial charge < -0.3 is 25.5 Å². The fourth-order valence-electron chi connectivity index (χ4n) is 4.95. The molecule has 3 N–H and O–H groups in total. The number of hydrogen-bond acceptors (Lipinski definition) is 6. The van der Waals surface area contributed by atoms with Gasteiger partial charge in [-0.2, -0.15) is 4.98 Å². The van der Waals surface area contributed by atoms with Gasteiger partial charge in [0, 0.05) is 43.7 Å². The number of nitrogens with one attached hydrogen (secondary N) is 2. The van der Waals surface area contributed by atoms with Crippen LogP contribution in [0.2, 0.25) is 0 Å². The van der Waals surface area contributed by atoms with Crippen LogP contribution in [0, 0.1) is 5.41 Å². The Morgan fingerprint density at radius 3 is 2.12 bits per heavy atom. The highest BCUT2D eigenvalue weighted by Gasteiger charge is 2.34. The van der Waals surface area contributed by atoms with E-state index in [1.807, 2.05) is 71.0 Å². The lowest BCUT2D eigenvalue weighted by Gasteiger charge is -2.27. The molecular weight excluding hydrogens is 504 g/mol. The molecule has 0 fully saturated rings. The van der Waals surface area contributed by atoms with Crippen LogP contribution in [0.4, 0.5) is 16.6 Å². The van der Waals surface area contributed by atoms with E-state index < -0.39 is 6.09 Å². The average molecular weight is 545 g/mol.